The van der Waals surface area contributed by atoms with Gasteiger partial charge in [0, 0.05) is 14.0 Å². The number of hydrogen-bond acceptors (Lipinski definition) is 2. The Hall–Kier alpha value is -1.12. The molecular weight excluding hydrogens is 163 g/mol. The Kier molecular flexibility index (Phi) is 3.41. The van der Waals surface area contributed by atoms with Gasteiger partial charge in [-0.1, -0.05) is 32.9 Å². The summed E-state index contributed by atoms with van der Waals surface area (Å²) >= 11 is 0. The van der Waals surface area contributed by atoms with Gasteiger partial charge in [0.2, 0.25) is 0 Å². The van der Waals surface area contributed by atoms with Gasteiger partial charge < -0.3 is 10.2 Å². The number of phenols is 2. The molecule has 0 bridgehead atoms. The lowest BCUT2D eigenvalue weighted by molar-refractivity contribution is 0.389. The highest BCUT2D eigenvalue weighted by Gasteiger charge is 2.19. The van der Waals surface area contributed by atoms with Gasteiger partial charge in [0.05, 0.1) is 0 Å². The first-order valence-electron chi connectivity index (χ1n) is 3.94. The average Bonchev–Trinajstić information content (AvgIpc) is 1.92. The van der Waals surface area contributed by atoms with Crippen LogP contribution in [0.3, 0.4) is 0 Å². The third-order valence-electron chi connectivity index (χ3n) is 1.82. The Morgan fingerprint density at radius 2 is 1.62 bits per heavy atom. The Bertz CT molecular complexity index is 289. The number of aromatic hydroxyl groups is 2. The van der Waals surface area contributed by atoms with Crippen LogP contribution in [0.2, 0.25) is 0 Å². The zero-order chi connectivity index (χ0) is 9.35. The van der Waals surface area contributed by atoms with Gasteiger partial charge in [0.1, 0.15) is 0 Å². The van der Waals surface area contributed by atoms with Crippen LogP contribution in [0.15, 0.2) is 18.2 Å². The number of para-hydroxylation sites is 1. The van der Waals surface area contributed by atoms with Crippen molar-refractivity contribution in [3.05, 3.63) is 23.8 Å². The van der Waals surface area contributed by atoms with Crippen molar-refractivity contribution in [2.24, 2.45) is 0 Å². The second-order valence-corrected chi connectivity index (χ2v) is 3.92. The van der Waals surface area contributed by atoms with E-state index in [1.807, 2.05) is 26.8 Å². The third kappa shape index (κ3) is 2.41. The second-order valence-electron chi connectivity index (χ2n) is 3.92. The Morgan fingerprint density at radius 3 is 2.00 bits per heavy atom. The SMILES string of the molecule is CC(C)(C)c1cccc(O)c1O.[B]. The molecule has 0 aromatic heterocycles. The Balaban J connectivity index is 0.00000144. The summed E-state index contributed by atoms with van der Waals surface area (Å²) in [6.45, 7) is 5.96. The van der Waals surface area contributed by atoms with Crippen LogP contribution < -0.4 is 0 Å². The number of benzene rings is 1. The van der Waals surface area contributed by atoms with E-state index in [-0.39, 0.29) is 25.3 Å². The summed E-state index contributed by atoms with van der Waals surface area (Å²) in [6, 6.07) is 5.02. The van der Waals surface area contributed by atoms with Gasteiger partial charge in [-0.3, -0.25) is 0 Å². The highest BCUT2D eigenvalue weighted by atomic mass is 16.3. The normalized spacial score (nSPS) is 10.7. The van der Waals surface area contributed by atoms with Crippen LogP contribution in [0, 0.1) is 0 Å². The van der Waals surface area contributed by atoms with E-state index in [0.29, 0.717) is 0 Å². The highest BCUT2D eigenvalue weighted by Crippen LogP contribution is 2.36. The van der Waals surface area contributed by atoms with Crippen LogP contribution in [-0.4, -0.2) is 18.6 Å². The molecule has 0 aliphatic carbocycles. The lowest BCUT2D eigenvalue weighted by atomic mass is 9.86. The van der Waals surface area contributed by atoms with Gasteiger partial charge in [-0.2, -0.15) is 0 Å². The van der Waals surface area contributed by atoms with Gasteiger partial charge in [-0.05, 0) is 11.5 Å². The molecule has 1 aromatic carbocycles. The van der Waals surface area contributed by atoms with E-state index in [4.69, 9.17) is 0 Å². The van der Waals surface area contributed by atoms with E-state index in [0.717, 1.165) is 5.56 Å². The molecule has 0 saturated heterocycles. The van der Waals surface area contributed by atoms with E-state index in [1.165, 1.54) is 6.07 Å². The molecule has 0 aliphatic rings. The zero-order valence-corrected chi connectivity index (χ0v) is 8.20. The molecular formula is C10H14BO2. The van der Waals surface area contributed by atoms with Gasteiger partial charge in [0.25, 0.3) is 0 Å². The summed E-state index contributed by atoms with van der Waals surface area (Å²) in [4.78, 5) is 0. The summed E-state index contributed by atoms with van der Waals surface area (Å²) in [5, 5.41) is 18.7. The lowest BCUT2D eigenvalue weighted by Gasteiger charge is -2.20. The molecule has 2 nitrogen and oxygen atoms in total. The third-order valence-corrected chi connectivity index (χ3v) is 1.82. The monoisotopic (exact) mass is 177 g/mol. The Labute approximate surface area is 80.8 Å². The maximum Gasteiger partial charge on any atom is 0.161 e. The van der Waals surface area contributed by atoms with E-state index in [1.54, 1.807) is 6.07 Å². The summed E-state index contributed by atoms with van der Waals surface area (Å²) in [5.74, 6) is -0.0626. The fraction of sp³-hybridized carbons (Fsp3) is 0.400. The van der Waals surface area contributed by atoms with Crippen molar-refractivity contribution in [1.29, 1.82) is 0 Å². The molecule has 2 N–H and O–H groups in total. The van der Waals surface area contributed by atoms with Crippen molar-refractivity contribution < 1.29 is 10.2 Å². The molecule has 0 unspecified atom stereocenters. The molecule has 0 spiro atoms. The molecule has 0 aliphatic heterocycles. The first kappa shape index (κ1) is 11.9. The van der Waals surface area contributed by atoms with Crippen molar-refractivity contribution in [3.63, 3.8) is 0 Å². The van der Waals surface area contributed by atoms with Crippen molar-refractivity contribution in [1.82, 2.24) is 0 Å². The largest absolute Gasteiger partial charge is 0.504 e. The molecule has 0 saturated carbocycles. The lowest BCUT2D eigenvalue weighted by Crippen LogP contribution is -2.10. The molecule has 0 amide bonds. The van der Waals surface area contributed by atoms with Gasteiger partial charge in [-0.25, -0.2) is 0 Å². The van der Waals surface area contributed by atoms with Crippen LogP contribution >= 0.6 is 0 Å². The summed E-state index contributed by atoms with van der Waals surface area (Å²) in [7, 11) is 0. The maximum absolute atomic E-state index is 9.48. The number of rotatable bonds is 0. The predicted octanol–water partition coefficient (Wildman–Crippen LogP) is 2.01. The predicted molar refractivity (Wildman–Crippen MR) is 54.2 cm³/mol. The second kappa shape index (κ2) is 3.73. The van der Waals surface area contributed by atoms with Crippen LogP contribution in [0.1, 0.15) is 26.3 Å². The molecule has 13 heavy (non-hydrogen) atoms. The van der Waals surface area contributed by atoms with Crippen molar-refractivity contribution in [2.75, 3.05) is 0 Å². The molecule has 1 aromatic rings. The van der Waals surface area contributed by atoms with Crippen LogP contribution in [0.4, 0.5) is 0 Å². The molecule has 0 heterocycles. The molecule has 0 atom stereocenters. The summed E-state index contributed by atoms with van der Waals surface area (Å²) < 4.78 is 0. The van der Waals surface area contributed by atoms with Gasteiger partial charge in [-0.15, -0.1) is 0 Å². The standard InChI is InChI=1S/C10H14O2.B/c1-10(2,3)7-5-4-6-8(11)9(7)12;/h4-6,11-12H,1-3H3;. The van der Waals surface area contributed by atoms with Gasteiger partial charge in [0.15, 0.2) is 11.5 Å². The highest BCUT2D eigenvalue weighted by molar-refractivity contribution is 5.75. The molecule has 3 radical (unpaired) electrons. The quantitative estimate of drug-likeness (QED) is 0.470. The van der Waals surface area contributed by atoms with Crippen molar-refractivity contribution in [3.8, 4) is 11.5 Å². The summed E-state index contributed by atoms with van der Waals surface area (Å²) in [6.07, 6.45) is 0. The smallest absolute Gasteiger partial charge is 0.161 e. The minimum Gasteiger partial charge on any atom is -0.504 e. The minimum absolute atomic E-state index is 0. The topological polar surface area (TPSA) is 40.5 Å². The fourth-order valence-corrected chi connectivity index (χ4v) is 1.14. The van der Waals surface area contributed by atoms with E-state index in [2.05, 4.69) is 0 Å². The zero-order valence-electron chi connectivity index (χ0n) is 8.20. The van der Waals surface area contributed by atoms with Crippen LogP contribution in [0.25, 0.3) is 0 Å². The molecule has 0 fully saturated rings. The van der Waals surface area contributed by atoms with Crippen LogP contribution in [-0.2, 0) is 5.41 Å². The van der Waals surface area contributed by atoms with E-state index in [9.17, 15) is 10.2 Å². The van der Waals surface area contributed by atoms with E-state index < -0.39 is 0 Å². The first-order valence-corrected chi connectivity index (χ1v) is 3.94. The number of phenolic OH excluding ortho intramolecular Hbond substituents is 2. The van der Waals surface area contributed by atoms with Crippen molar-refractivity contribution >= 4 is 8.41 Å². The molecule has 1 rings (SSSR count). The molecule has 3 heteroatoms. The molecule has 69 valence electrons. The Morgan fingerprint density at radius 1 is 1.08 bits per heavy atom. The first-order chi connectivity index (χ1) is 5.43. The van der Waals surface area contributed by atoms with Gasteiger partial charge >= 0.3 is 0 Å². The maximum atomic E-state index is 9.48. The van der Waals surface area contributed by atoms with Crippen LogP contribution in [0.5, 0.6) is 11.5 Å². The summed E-state index contributed by atoms with van der Waals surface area (Å²) in [5.41, 5.74) is 0.630. The average molecular weight is 177 g/mol. The minimum atomic E-state index is -0.136. The fourth-order valence-electron chi connectivity index (χ4n) is 1.14. The number of hydrogen-bond donors (Lipinski definition) is 2. The van der Waals surface area contributed by atoms with Crippen molar-refractivity contribution in [2.45, 2.75) is 26.2 Å². The van der Waals surface area contributed by atoms with E-state index >= 15 is 0 Å².